The molecule has 0 spiro atoms. The number of nitrogens with zero attached hydrogens (tertiary/aromatic N) is 3. The third-order valence-electron chi connectivity index (χ3n) is 6.19. The summed E-state index contributed by atoms with van der Waals surface area (Å²) in [6.07, 6.45) is 4.18. The number of carbonyl (C=O) groups is 2. The molecule has 1 heterocycles. The summed E-state index contributed by atoms with van der Waals surface area (Å²) in [5, 5.41) is 14.8. The number of urea groups is 1. The summed E-state index contributed by atoms with van der Waals surface area (Å²) in [4.78, 5) is 24.6. The molecule has 2 N–H and O–H groups in total. The summed E-state index contributed by atoms with van der Waals surface area (Å²) in [5.41, 5.74) is 3.39. The second kappa shape index (κ2) is 11.1. The zero-order chi connectivity index (χ0) is 24.8. The minimum Gasteiger partial charge on any atom is -0.335 e. The van der Waals surface area contributed by atoms with Crippen LogP contribution in [0.2, 0.25) is 0 Å². The van der Waals surface area contributed by atoms with Crippen LogP contribution in [0.3, 0.4) is 0 Å². The van der Waals surface area contributed by atoms with Crippen molar-refractivity contribution in [3.05, 3.63) is 65.7 Å². The molecule has 0 atom stereocenters. The molecule has 1 aliphatic carbocycles. The standard InChI is InChI=1S/C27H33N5O2S/c1-27(2,3)21-15-13-20(14-16-21)24-30-31-26(32(24)17-19-9-5-4-6-10-19)35-18-23(33)29-25(34)28-22-11-7-8-12-22/h4-6,9-10,13-16,22H,7-8,11-12,17-18H2,1-3H3,(H2,28,29,33,34). The zero-order valence-electron chi connectivity index (χ0n) is 20.6. The number of thioether (sulfide) groups is 1. The van der Waals surface area contributed by atoms with Gasteiger partial charge in [0.15, 0.2) is 11.0 Å². The molecule has 1 aromatic heterocycles. The van der Waals surface area contributed by atoms with Gasteiger partial charge in [0.2, 0.25) is 5.91 Å². The van der Waals surface area contributed by atoms with Crippen molar-refractivity contribution in [1.29, 1.82) is 0 Å². The Bertz CT molecular complexity index is 1150. The number of hydrogen-bond donors (Lipinski definition) is 2. The molecular formula is C27H33N5O2S. The summed E-state index contributed by atoms with van der Waals surface area (Å²) in [6, 6.07) is 18.2. The van der Waals surface area contributed by atoms with E-state index < -0.39 is 6.03 Å². The fourth-order valence-corrected chi connectivity index (χ4v) is 4.96. The van der Waals surface area contributed by atoms with E-state index in [0.717, 1.165) is 42.6 Å². The number of carbonyl (C=O) groups excluding carboxylic acids is 2. The highest BCUT2D eigenvalue weighted by Gasteiger charge is 2.20. The second-order valence-corrected chi connectivity index (χ2v) is 10.9. The van der Waals surface area contributed by atoms with E-state index >= 15 is 0 Å². The molecule has 3 aromatic rings. The quantitative estimate of drug-likeness (QED) is 0.446. The molecular weight excluding hydrogens is 458 g/mol. The summed E-state index contributed by atoms with van der Waals surface area (Å²) in [6.45, 7) is 7.14. The highest BCUT2D eigenvalue weighted by molar-refractivity contribution is 7.99. The average Bonchev–Trinajstić information content (AvgIpc) is 3.48. The third-order valence-corrected chi connectivity index (χ3v) is 7.15. The van der Waals surface area contributed by atoms with Gasteiger partial charge in [0.1, 0.15) is 0 Å². The Labute approximate surface area is 211 Å². The first-order valence-electron chi connectivity index (χ1n) is 12.1. The SMILES string of the molecule is CC(C)(C)c1ccc(-c2nnc(SCC(=O)NC(=O)NC3CCCC3)n2Cc2ccccc2)cc1. The van der Waals surface area contributed by atoms with Gasteiger partial charge in [0.25, 0.3) is 0 Å². The van der Waals surface area contributed by atoms with Gasteiger partial charge in [-0.2, -0.15) is 0 Å². The average molecular weight is 492 g/mol. The smallest absolute Gasteiger partial charge is 0.321 e. The molecule has 1 fully saturated rings. The Morgan fingerprint density at radius 1 is 1.00 bits per heavy atom. The van der Waals surface area contributed by atoms with Gasteiger partial charge >= 0.3 is 6.03 Å². The minimum atomic E-state index is -0.423. The van der Waals surface area contributed by atoms with E-state index in [-0.39, 0.29) is 23.1 Å². The van der Waals surface area contributed by atoms with Crippen LogP contribution in [0.25, 0.3) is 11.4 Å². The van der Waals surface area contributed by atoms with E-state index in [1.807, 2.05) is 22.8 Å². The predicted octanol–water partition coefficient (Wildman–Crippen LogP) is 5.15. The Kier molecular flexibility index (Phi) is 7.90. The van der Waals surface area contributed by atoms with E-state index in [9.17, 15) is 9.59 Å². The fourth-order valence-electron chi connectivity index (χ4n) is 4.22. The molecule has 4 rings (SSSR count). The van der Waals surface area contributed by atoms with Gasteiger partial charge < -0.3 is 5.32 Å². The van der Waals surface area contributed by atoms with Crippen LogP contribution in [-0.4, -0.2) is 38.5 Å². The van der Waals surface area contributed by atoms with Gasteiger partial charge in [-0.1, -0.05) is 100.0 Å². The molecule has 0 saturated heterocycles. The second-order valence-electron chi connectivity index (χ2n) is 10.00. The van der Waals surface area contributed by atoms with E-state index in [1.165, 1.54) is 17.3 Å². The van der Waals surface area contributed by atoms with Crippen LogP contribution in [-0.2, 0) is 16.8 Å². The lowest BCUT2D eigenvalue weighted by Crippen LogP contribution is -2.44. The number of rotatable bonds is 7. The summed E-state index contributed by atoms with van der Waals surface area (Å²) in [5.74, 6) is 0.473. The Hall–Kier alpha value is -3.13. The van der Waals surface area contributed by atoms with Crippen molar-refractivity contribution in [2.24, 2.45) is 0 Å². The lowest BCUT2D eigenvalue weighted by Gasteiger charge is -2.19. The lowest BCUT2D eigenvalue weighted by molar-refractivity contribution is -0.117. The third kappa shape index (κ3) is 6.72. The number of aromatic nitrogens is 3. The molecule has 3 amide bonds. The topological polar surface area (TPSA) is 88.9 Å². The van der Waals surface area contributed by atoms with Crippen LogP contribution in [0.4, 0.5) is 4.79 Å². The Morgan fingerprint density at radius 2 is 1.69 bits per heavy atom. The van der Waals surface area contributed by atoms with Gasteiger partial charge in [-0.25, -0.2) is 4.79 Å². The summed E-state index contributed by atoms with van der Waals surface area (Å²) >= 11 is 1.28. The highest BCUT2D eigenvalue weighted by atomic mass is 32.2. The van der Waals surface area contributed by atoms with Crippen molar-refractivity contribution in [2.45, 2.75) is 69.6 Å². The number of nitrogens with one attached hydrogen (secondary N) is 2. The van der Waals surface area contributed by atoms with Crippen LogP contribution < -0.4 is 10.6 Å². The number of benzene rings is 2. The Balaban J connectivity index is 1.49. The van der Waals surface area contributed by atoms with Crippen LogP contribution in [0.1, 0.15) is 57.6 Å². The van der Waals surface area contributed by atoms with E-state index in [0.29, 0.717) is 11.7 Å². The molecule has 1 saturated carbocycles. The molecule has 8 heteroatoms. The van der Waals surface area contributed by atoms with Crippen LogP contribution in [0, 0.1) is 0 Å². The fraction of sp³-hybridized carbons (Fsp3) is 0.407. The lowest BCUT2D eigenvalue weighted by atomic mass is 9.87. The van der Waals surface area contributed by atoms with E-state index in [1.54, 1.807) is 0 Å². The monoisotopic (exact) mass is 491 g/mol. The molecule has 1 aliphatic rings. The van der Waals surface area contributed by atoms with Gasteiger partial charge in [0.05, 0.1) is 12.3 Å². The van der Waals surface area contributed by atoms with Crippen molar-refractivity contribution >= 4 is 23.7 Å². The molecule has 0 radical (unpaired) electrons. The summed E-state index contributed by atoms with van der Waals surface area (Å²) in [7, 11) is 0. The van der Waals surface area contributed by atoms with E-state index in [2.05, 4.69) is 78.0 Å². The Morgan fingerprint density at radius 3 is 2.34 bits per heavy atom. The van der Waals surface area contributed by atoms with Crippen molar-refractivity contribution in [2.75, 3.05) is 5.75 Å². The van der Waals surface area contributed by atoms with Crippen molar-refractivity contribution in [3.63, 3.8) is 0 Å². The summed E-state index contributed by atoms with van der Waals surface area (Å²) < 4.78 is 2.03. The molecule has 7 nitrogen and oxygen atoms in total. The largest absolute Gasteiger partial charge is 0.335 e. The van der Waals surface area contributed by atoms with Gasteiger partial charge in [-0.3, -0.25) is 14.7 Å². The first kappa shape index (κ1) is 25.0. The number of imide groups is 1. The zero-order valence-corrected chi connectivity index (χ0v) is 21.4. The maximum absolute atomic E-state index is 12.4. The molecule has 0 bridgehead atoms. The molecule has 2 aromatic carbocycles. The van der Waals surface area contributed by atoms with Crippen molar-refractivity contribution < 1.29 is 9.59 Å². The van der Waals surface area contributed by atoms with Gasteiger partial charge in [-0.05, 0) is 29.4 Å². The van der Waals surface area contributed by atoms with Crippen LogP contribution in [0.15, 0.2) is 59.8 Å². The minimum absolute atomic E-state index is 0.0642. The van der Waals surface area contributed by atoms with Crippen LogP contribution >= 0.6 is 11.8 Å². The molecule has 184 valence electrons. The van der Waals surface area contributed by atoms with E-state index in [4.69, 9.17) is 0 Å². The predicted molar refractivity (Wildman–Crippen MR) is 139 cm³/mol. The number of hydrogen-bond acceptors (Lipinski definition) is 5. The molecule has 0 unspecified atom stereocenters. The molecule has 35 heavy (non-hydrogen) atoms. The van der Waals surface area contributed by atoms with Crippen molar-refractivity contribution in [1.82, 2.24) is 25.4 Å². The van der Waals surface area contributed by atoms with Gasteiger partial charge in [-0.15, -0.1) is 10.2 Å². The normalized spacial score (nSPS) is 14.1. The first-order valence-corrected chi connectivity index (χ1v) is 13.1. The maximum atomic E-state index is 12.4. The van der Waals surface area contributed by atoms with Crippen molar-refractivity contribution in [3.8, 4) is 11.4 Å². The maximum Gasteiger partial charge on any atom is 0.321 e. The molecule has 0 aliphatic heterocycles. The highest BCUT2D eigenvalue weighted by Crippen LogP contribution is 2.28. The van der Waals surface area contributed by atoms with Gasteiger partial charge in [0, 0.05) is 11.6 Å². The number of amides is 3. The van der Waals surface area contributed by atoms with Crippen LogP contribution in [0.5, 0.6) is 0 Å². The first-order chi connectivity index (χ1) is 16.8.